The lowest BCUT2D eigenvalue weighted by molar-refractivity contribution is 0.0453. The van der Waals surface area contributed by atoms with Crippen molar-refractivity contribution in [2.75, 3.05) is 26.0 Å². The summed E-state index contributed by atoms with van der Waals surface area (Å²) in [6.45, 7) is 3.09. The number of ether oxygens (including phenoxy) is 2. The number of hydrogen-bond acceptors (Lipinski definition) is 6. The van der Waals surface area contributed by atoms with E-state index in [0.717, 1.165) is 31.2 Å². The Morgan fingerprint density at radius 2 is 1.79 bits per heavy atom. The van der Waals surface area contributed by atoms with Gasteiger partial charge in [-0.15, -0.1) is 0 Å². The van der Waals surface area contributed by atoms with E-state index in [2.05, 4.69) is 4.98 Å². The molecule has 10 heteroatoms. The van der Waals surface area contributed by atoms with Crippen molar-refractivity contribution in [3.05, 3.63) is 42.1 Å². The minimum absolute atomic E-state index is 0.0665. The van der Waals surface area contributed by atoms with Crippen molar-refractivity contribution in [3.63, 3.8) is 0 Å². The average Bonchev–Trinajstić information content (AvgIpc) is 3.49. The van der Waals surface area contributed by atoms with E-state index in [9.17, 15) is 22.0 Å². The zero-order chi connectivity index (χ0) is 23.8. The summed E-state index contributed by atoms with van der Waals surface area (Å²) in [7, 11) is -3.46. The minimum Gasteiger partial charge on any atom is -0.487 e. The largest absolute Gasteiger partial charge is 0.487 e. The maximum Gasteiger partial charge on any atom is 0.410 e. The summed E-state index contributed by atoms with van der Waals surface area (Å²) >= 11 is 0. The van der Waals surface area contributed by atoms with Crippen LogP contribution in [0, 0.1) is 17.6 Å². The van der Waals surface area contributed by atoms with E-state index in [1.54, 1.807) is 4.90 Å². The second-order valence-electron chi connectivity index (χ2n) is 8.99. The molecule has 33 heavy (non-hydrogen) atoms. The molecule has 1 saturated heterocycles. The Balaban J connectivity index is 1.34. The van der Waals surface area contributed by atoms with Crippen molar-refractivity contribution in [1.29, 1.82) is 0 Å². The molecule has 1 aliphatic carbocycles. The van der Waals surface area contributed by atoms with Gasteiger partial charge in [-0.3, -0.25) is 0 Å². The van der Waals surface area contributed by atoms with Gasteiger partial charge in [-0.2, -0.15) is 0 Å². The summed E-state index contributed by atoms with van der Waals surface area (Å²) < 4.78 is 63.2. The Kier molecular flexibility index (Phi) is 6.30. The fraction of sp³-hybridized carbons (Fsp3) is 0.478. The summed E-state index contributed by atoms with van der Waals surface area (Å²) in [5.41, 5.74) is 0.288. The molecule has 2 aromatic rings. The van der Waals surface area contributed by atoms with Gasteiger partial charge in [-0.05, 0) is 68.4 Å². The summed E-state index contributed by atoms with van der Waals surface area (Å²) in [5.74, 6) is -2.09. The monoisotopic (exact) mass is 480 g/mol. The third kappa shape index (κ3) is 5.61. The number of sulfone groups is 1. The number of piperidine rings is 1. The number of pyridine rings is 1. The molecular weight excluding hydrogens is 454 g/mol. The number of likely N-dealkylation sites (tertiary alicyclic amines) is 1. The van der Waals surface area contributed by atoms with Crippen LogP contribution in [0.1, 0.15) is 32.6 Å². The topological polar surface area (TPSA) is 85.8 Å². The molecule has 0 bridgehead atoms. The molecule has 1 aromatic heterocycles. The highest BCUT2D eigenvalue weighted by molar-refractivity contribution is 7.90. The highest BCUT2D eigenvalue weighted by atomic mass is 32.2. The Labute approximate surface area is 191 Å². The fourth-order valence-corrected chi connectivity index (χ4v) is 4.23. The van der Waals surface area contributed by atoms with Gasteiger partial charge in [0.1, 0.15) is 5.60 Å². The molecule has 1 aliphatic heterocycles. The van der Waals surface area contributed by atoms with E-state index in [-0.39, 0.29) is 34.8 Å². The first kappa shape index (κ1) is 23.4. The van der Waals surface area contributed by atoms with Crippen LogP contribution >= 0.6 is 0 Å². The molecule has 2 aliphatic rings. The molecule has 7 nitrogen and oxygen atoms in total. The summed E-state index contributed by atoms with van der Waals surface area (Å²) in [6, 6.07) is 5.00. The molecule has 2 heterocycles. The predicted molar refractivity (Wildman–Crippen MR) is 117 cm³/mol. The van der Waals surface area contributed by atoms with Gasteiger partial charge >= 0.3 is 6.09 Å². The maximum absolute atomic E-state index is 14.6. The smallest absolute Gasteiger partial charge is 0.410 e. The minimum atomic E-state index is -3.46. The number of rotatable bonds is 6. The standard InChI is InChI=1S/C23H26F2N2O5S/c1-23(7-8-23)32-22(28)27-9-5-15(6-10-27)14-31-21-18(24)11-17(12-19(21)25)16-3-4-20(26-13-16)33(2,29)30/h3-4,11-13,15H,5-10,14H2,1-2H3. The van der Waals surface area contributed by atoms with Crippen LogP contribution in [0.25, 0.3) is 11.1 Å². The van der Waals surface area contributed by atoms with Crippen LogP contribution in [0.5, 0.6) is 5.75 Å². The number of carbonyl (C=O) groups is 1. The normalized spacial score (nSPS) is 18.1. The molecule has 2 fully saturated rings. The van der Waals surface area contributed by atoms with E-state index < -0.39 is 27.2 Å². The van der Waals surface area contributed by atoms with Crippen molar-refractivity contribution < 1.29 is 31.5 Å². The lowest BCUT2D eigenvalue weighted by atomic mass is 9.98. The summed E-state index contributed by atoms with van der Waals surface area (Å²) in [5, 5.41) is -0.117. The van der Waals surface area contributed by atoms with Crippen LogP contribution in [0.2, 0.25) is 0 Å². The van der Waals surface area contributed by atoms with E-state index in [0.29, 0.717) is 31.5 Å². The molecule has 1 aromatic carbocycles. The van der Waals surface area contributed by atoms with Gasteiger partial charge < -0.3 is 14.4 Å². The number of carbonyl (C=O) groups excluding carboxylic acids is 1. The summed E-state index contributed by atoms with van der Waals surface area (Å²) in [4.78, 5) is 17.7. The van der Waals surface area contributed by atoms with Crippen LogP contribution in [-0.2, 0) is 14.6 Å². The quantitative estimate of drug-likeness (QED) is 0.616. The van der Waals surface area contributed by atoms with Gasteiger partial charge in [0.2, 0.25) is 0 Å². The molecule has 1 saturated carbocycles. The van der Waals surface area contributed by atoms with Gasteiger partial charge in [0.05, 0.1) is 6.61 Å². The maximum atomic E-state index is 14.6. The van der Waals surface area contributed by atoms with Crippen LogP contribution in [0.15, 0.2) is 35.5 Å². The Hall–Kier alpha value is -2.75. The van der Waals surface area contributed by atoms with E-state index in [1.807, 2.05) is 6.92 Å². The molecule has 0 unspecified atom stereocenters. The number of nitrogens with zero attached hydrogens (tertiary/aromatic N) is 2. The average molecular weight is 481 g/mol. The zero-order valence-electron chi connectivity index (χ0n) is 18.5. The first-order chi connectivity index (χ1) is 15.5. The molecule has 0 spiro atoms. The van der Waals surface area contributed by atoms with Gasteiger partial charge in [-0.25, -0.2) is 27.0 Å². The van der Waals surface area contributed by atoms with Gasteiger partial charge in [0, 0.05) is 31.1 Å². The van der Waals surface area contributed by atoms with Crippen molar-refractivity contribution in [3.8, 4) is 16.9 Å². The highest BCUT2D eigenvalue weighted by Gasteiger charge is 2.43. The first-order valence-corrected chi connectivity index (χ1v) is 12.7. The molecule has 0 N–H and O–H groups in total. The lowest BCUT2D eigenvalue weighted by Gasteiger charge is -2.32. The Bertz CT molecular complexity index is 1120. The zero-order valence-corrected chi connectivity index (χ0v) is 19.3. The number of hydrogen-bond donors (Lipinski definition) is 0. The Morgan fingerprint density at radius 1 is 1.15 bits per heavy atom. The van der Waals surface area contributed by atoms with Crippen molar-refractivity contribution in [1.82, 2.24) is 9.88 Å². The van der Waals surface area contributed by atoms with E-state index in [4.69, 9.17) is 9.47 Å². The van der Waals surface area contributed by atoms with Crippen molar-refractivity contribution in [2.45, 2.75) is 43.2 Å². The molecule has 4 rings (SSSR count). The van der Waals surface area contributed by atoms with E-state index in [1.165, 1.54) is 18.3 Å². The summed E-state index contributed by atoms with van der Waals surface area (Å²) in [6.07, 6.45) is 5.08. The van der Waals surface area contributed by atoms with Crippen molar-refractivity contribution >= 4 is 15.9 Å². The number of amides is 1. The SMILES string of the molecule is CC1(OC(=O)N2CCC(COc3c(F)cc(-c4ccc(S(C)(=O)=O)nc4)cc3F)CC2)CC1. The number of benzene rings is 1. The van der Waals surface area contributed by atoms with Crippen molar-refractivity contribution in [2.24, 2.45) is 5.92 Å². The second-order valence-corrected chi connectivity index (χ2v) is 10.9. The van der Waals surface area contributed by atoms with Gasteiger partial charge in [-0.1, -0.05) is 0 Å². The first-order valence-electron chi connectivity index (χ1n) is 10.8. The highest BCUT2D eigenvalue weighted by Crippen LogP contribution is 2.39. The molecular formula is C23H26F2N2O5S. The number of aromatic nitrogens is 1. The van der Waals surface area contributed by atoms with Crippen LogP contribution < -0.4 is 4.74 Å². The van der Waals surface area contributed by atoms with Crippen LogP contribution in [-0.4, -0.2) is 55.9 Å². The third-order valence-electron chi connectivity index (χ3n) is 6.07. The molecule has 178 valence electrons. The fourth-order valence-electron chi connectivity index (χ4n) is 3.67. The predicted octanol–water partition coefficient (Wildman–Crippen LogP) is 4.21. The number of halogens is 2. The van der Waals surface area contributed by atoms with Crippen LogP contribution in [0.3, 0.4) is 0 Å². The molecule has 1 amide bonds. The van der Waals surface area contributed by atoms with Gasteiger partial charge in [0.25, 0.3) is 0 Å². The van der Waals surface area contributed by atoms with Crippen LogP contribution in [0.4, 0.5) is 13.6 Å². The Morgan fingerprint density at radius 3 is 2.30 bits per heavy atom. The second kappa shape index (κ2) is 8.89. The molecule has 0 radical (unpaired) electrons. The van der Waals surface area contributed by atoms with Gasteiger partial charge in [0.15, 0.2) is 32.2 Å². The van der Waals surface area contributed by atoms with E-state index >= 15 is 0 Å². The lowest BCUT2D eigenvalue weighted by Crippen LogP contribution is -2.41. The third-order valence-corrected chi connectivity index (χ3v) is 7.07. The molecule has 0 atom stereocenters.